The van der Waals surface area contributed by atoms with Crippen molar-refractivity contribution in [2.45, 2.75) is 29.6 Å². The van der Waals surface area contributed by atoms with Gasteiger partial charge in [0.25, 0.3) is 0 Å². The number of hydrogen-bond donors (Lipinski definition) is 1. The van der Waals surface area contributed by atoms with Gasteiger partial charge < -0.3 is 4.90 Å². The number of nitrogens with one attached hydrogen (secondary N) is 1. The summed E-state index contributed by atoms with van der Waals surface area (Å²) in [5.74, 6) is -0.292. The molecule has 7 nitrogen and oxygen atoms in total. The minimum Gasteiger partial charge on any atom is -0.348 e. The van der Waals surface area contributed by atoms with Crippen molar-refractivity contribution in [2.24, 2.45) is 0 Å². The number of amides is 2. The molecule has 29 heavy (non-hydrogen) atoms. The van der Waals surface area contributed by atoms with Crippen molar-refractivity contribution in [3.8, 4) is 0 Å². The van der Waals surface area contributed by atoms with E-state index in [0.29, 0.717) is 9.47 Å². The van der Waals surface area contributed by atoms with Crippen molar-refractivity contribution < 1.29 is 14.0 Å². The van der Waals surface area contributed by atoms with Crippen LogP contribution >= 0.6 is 23.1 Å². The summed E-state index contributed by atoms with van der Waals surface area (Å²) < 4.78 is 14.0. The maximum atomic E-state index is 13.4. The lowest BCUT2D eigenvalue weighted by molar-refractivity contribution is -0.126. The minimum atomic E-state index is -0.508. The fraction of sp³-hybridized carbons (Fsp3) is 0.474. The molecule has 0 aliphatic carbocycles. The van der Waals surface area contributed by atoms with Crippen LogP contribution in [0.15, 0.2) is 28.6 Å². The van der Waals surface area contributed by atoms with E-state index in [1.165, 1.54) is 40.1 Å². The Labute approximate surface area is 177 Å². The molecule has 1 atom stereocenters. The van der Waals surface area contributed by atoms with Gasteiger partial charge in [-0.05, 0) is 43.6 Å². The van der Waals surface area contributed by atoms with Crippen molar-refractivity contribution in [1.82, 2.24) is 20.0 Å². The zero-order chi connectivity index (χ0) is 20.8. The molecular weight excluding hydrogens is 413 g/mol. The average molecular weight is 438 g/mol. The number of hydrogen-bond acceptors (Lipinski definition) is 7. The Hall–Kier alpha value is -2.04. The number of aromatic nitrogens is 2. The maximum Gasteiger partial charge on any atom is 0.248 e. The highest BCUT2D eigenvalue weighted by Crippen LogP contribution is 2.29. The van der Waals surface area contributed by atoms with Crippen molar-refractivity contribution in [3.05, 3.63) is 35.6 Å². The molecule has 0 radical (unpaired) electrons. The number of likely N-dealkylation sites (tertiary alicyclic amines) is 1. The Kier molecular flexibility index (Phi) is 7.57. The smallest absolute Gasteiger partial charge is 0.248 e. The molecule has 3 rings (SSSR count). The van der Waals surface area contributed by atoms with Crippen LogP contribution in [-0.2, 0) is 9.59 Å². The van der Waals surface area contributed by atoms with Crippen LogP contribution in [-0.4, -0.2) is 64.7 Å². The summed E-state index contributed by atoms with van der Waals surface area (Å²) in [6, 6.07) is 5.55. The molecule has 1 aromatic carbocycles. The molecule has 0 spiro atoms. The molecule has 1 fully saturated rings. The van der Waals surface area contributed by atoms with E-state index >= 15 is 0 Å². The van der Waals surface area contributed by atoms with Crippen molar-refractivity contribution in [3.63, 3.8) is 0 Å². The molecule has 2 amide bonds. The lowest BCUT2D eigenvalue weighted by Crippen LogP contribution is -2.40. The molecule has 1 unspecified atom stereocenters. The number of rotatable bonds is 7. The number of carbonyl (C=O) groups is 2. The number of anilines is 1. The molecule has 1 aromatic heterocycles. The highest BCUT2D eigenvalue weighted by atomic mass is 32.2. The van der Waals surface area contributed by atoms with Gasteiger partial charge in [0.15, 0.2) is 4.34 Å². The van der Waals surface area contributed by atoms with Crippen LogP contribution in [0.2, 0.25) is 0 Å². The van der Waals surface area contributed by atoms with Crippen LogP contribution < -0.4 is 5.32 Å². The third-order valence-electron chi connectivity index (χ3n) is 4.64. The molecule has 1 saturated heterocycles. The molecule has 1 aliphatic heterocycles. The highest BCUT2D eigenvalue weighted by Gasteiger charge is 2.29. The lowest BCUT2D eigenvalue weighted by atomic mass is 10.0. The third-order valence-corrected chi connectivity index (χ3v) is 6.60. The standard InChI is InChI=1S/C19H24FN5O2S2/c1-24(2)15(26)12-28-19-23-22-18(29-19)21-17(27)16(25-10-4-3-5-11-25)13-6-8-14(20)9-7-13/h6-9,16H,3-5,10-12H2,1-2H3,(H,21,22,27). The van der Waals surface area contributed by atoms with Gasteiger partial charge in [-0.25, -0.2) is 4.39 Å². The summed E-state index contributed by atoms with van der Waals surface area (Å²) in [7, 11) is 3.40. The van der Waals surface area contributed by atoms with Gasteiger partial charge in [-0.15, -0.1) is 10.2 Å². The van der Waals surface area contributed by atoms with Crippen molar-refractivity contribution in [1.29, 1.82) is 0 Å². The molecule has 10 heteroatoms. The third kappa shape index (κ3) is 5.97. The fourth-order valence-corrected chi connectivity index (χ4v) is 4.83. The lowest BCUT2D eigenvalue weighted by Gasteiger charge is -2.33. The zero-order valence-corrected chi connectivity index (χ0v) is 18.1. The summed E-state index contributed by atoms with van der Waals surface area (Å²) >= 11 is 2.53. The van der Waals surface area contributed by atoms with E-state index in [4.69, 9.17) is 0 Å². The van der Waals surface area contributed by atoms with E-state index in [9.17, 15) is 14.0 Å². The molecule has 1 aliphatic rings. The molecule has 1 N–H and O–H groups in total. The summed E-state index contributed by atoms with van der Waals surface area (Å²) in [4.78, 5) is 28.4. The maximum absolute atomic E-state index is 13.4. The van der Waals surface area contributed by atoms with Crippen LogP contribution in [0, 0.1) is 5.82 Å². The number of thioether (sulfide) groups is 1. The first kappa shape index (κ1) is 21.7. The summed E-state index contributed by atoms with van der Waals surface area (Å²) in [5, 5.41) is 11.3. The predicted octanol–water partition coefficient (Wildman–Crippen LogP) is 3.02. The Morgan fingerprint density at radius 3 is 2.55 bits per heavy atom. The van der Waals surface area contributed by atoms with Crippen LogP contribution in [0.3, 0.4) is 0 Å². The molecule has 0 bridgehead atoms. The van der Waals surface area contributed by atoms with E-state index in [2.05, 4.69) is 20.4 Å². The van der Waals surface area contributed by atoms with Crippen LogP contribution in [0.1, 0.15) is 30.9 Å². The second-order valence-corrected chi connectivity index (χ2v) is 9.19. The first-order valence-corrected chi connectivity index (χ1v) is 11.2. The Bertz CT molecular complexity index is 837. The number of carbonyl (C=O) groups excluding carboxylic acids is 2. The quantitative estimate of drug-likeness (QED) is 0.530. The first-order valence-electron chi connectivity index (χ1n) is 9.41. The van der Waals surface area contributed by atoms with Gasteiger partial charge in [0, 0.05) is 14.1 Å². The highest BCUT2D eigenvalue weighted by molar-refractivity contribution is 8.01. The predicted molar refractivity (Wildman–Crippen MR) is 113 cm³/mol. The molecule has 2 aromatic rings. The zero-order valence-electron chi connectivity index (χ0n) is 16.4. The fourth-order valence-electron chi connectivity index (χ4n) is 3.09. The Morgan fingerprint density at radius 2 is 1.90 bits per heavy atom. The van der Waals surface area contributed by atoms with E-state index in [1.807, 2.05) is 0 Å². The Balaban J connectivity index is 1.70. The van der Waals surface area contributed by atoms with Crippen LogP contribution in [0.4, 0.5) is 9.52 Å². The largest absolute Gasteiger partial charge is 0.348 e. The van der Waals surface area contributed by atoms with Gasteiger partial charge in [-0.2, -0.15) is 0 Å². The topological polar surface area (TPSA) is 78.4 Å². The molecule has 2 heterocycles. The van der Waals surface area contributed by atoms with Gasteiger partial charge in [-0.3, -0.25) is 19.8 Å². The summed E-state index contributed by atoms with van der Waals surface area (Å²) in [6.07, 6.45) is 3.21. The summed E-state index contributed by atoms with van der Waals surface area (Å²) in [5.41, 5.74) is 0.751. The minimum absolute atomic E-state index is 0.0164. The number of piperidine rings is 1. The Morgan fingerprint density at radius 1 is 1.21 bits per heavy atom. The van der Waals surface area contributed by atoms with Gasteiger partial charge in [-0.1, -0.05) is 41.7 Å². The summed E-state index contributed by atoms with van der Waals surface area (Å²) in [6.45, 7) is 1.64. The van der Waals surface area contributed by atoms with Gasteiger partial charge >= 0.3 is 0 Å². The van der Waals surface area contributed by atoms with E-state index < -0.39 is 6.04 Å². The average Bonchev–Trinajstić information content (AvgIpc) is 3.15. The molecule has 156 valence electrons. The van der Waals surface area contributed by atoms with E-state index in [0.717, 1.165) is 37.9 Å². The van der Waals surface area contributed by atoms with E-state index in [1.54, 1.807) is 26.2 Å². The first-order chi connectivity index (χ1) is 13.9. The molecular formula is C19H24FN5O2S2. The van der Waals surface area contributed by atoms with Crippen LogP contribution in [0.5, 0.6) is 0 Å². The van der Waals surface area contributed by atoms with E-state index in [-0.39, 0.29) is 23.4 Å². The second kappa shape index (κ2) is 10.1. The number of nitrogens with zero attached hydrogens (tertiary/aromatic N) is 4. The van der Waals surface area contributed by atoms with Gasteiger partial charge in [0.2, 0.25) is 16.9 Å². The van der Waals surface area contributed by atoms with Gasteiger partial charge in [0.05, 0.1) is 5.75 Å². The monoisotopic (exact) mass is 437 g/mol. The normalized spacial score (nSPS) is 15.7. The molecule has 0 saturated carbocycles. The van der Waals surface area contributed by atoms with Crippen molar-refractivity contribution in [2.75, 3.05) is 38.3 Å². The second-order valence-electron chi connectivity index (χ2n) is 6.99. The van der Waals surface area contributed by atoms with Gasteiger partial charge in [0.1, 0.15) is 11.9 Å². The van der Waals surface area contributed by atoms with Crippen LogP contribution in [0.25, 0.3) is 0 Å². The van der Waals surface area contributed by atoms with Crippen molar-refractivity contribution >= 4 is 40.0 Å². The number of halogens is 1. The number of benzene rings is 1. The SMILES string of the molecule is CN(C)C(=O)CSc1nnc(NC(=O)C(c2ccc(F)cc2)N2CCCCC2)s1.